The van der Waals surface area contributed by atoms with E-state index in [0.717, 1.165) is 31.6 Å². The zero-order valence-electron chi connectivity index (χ0n) is 12.2. The lowest BCUT2D eigenvalue weighted by atomic mass is 10.3. The highest BCUT2D eigenvalue weighted by molar-refractivity contribution is 6.58. The van der Waals surface area contributed by atoms with Crippen LogP contribution in [0.1, 0.15) is 19.8 Å². The summed E-state index contributed by atoms with van der Waals surface area (Å²) in [6, 6.07) is 7.15. The van der Waals surface area contributed by atoms with Gasteiger partial charge in [-0.25, -0.2) is 9.37 Å². The normalized spacial score (nSPS) is 14.9. The number of rotatable bonds is 5. The maximum Gasteiger partial charge on any atom is 0.365 e. The molecule has 0 aromatic heterocycles. The van der Waals surface area contributed by atoms with Crippen LogP contribution >= 0.6 is 0 Å². The van der Waals surface area contributed by atoms with Gasteiger partial charge in [0.1, 0.15) is 13.1 Å². The third-order valence-electron chi connectivity index (χ3n) is 3.15. The maximum absolute atomic E-state index is 11.9. The fraction of sp³-hybridized carbons (Fsp3) is 0.400. The molecule has 21 heavy (non-hydrogen) atoms. The zero-order chi connectivity index (χ0) is 15.1. The molecule has 1 aliphatic heterocycles. The first-order valence-electron chi connectivity index (χ1n) is 7.14. The third kappa shape index (κ3) is 4.59. The Balaban J connectivity index is 2.13. The van der Waals surface area contributed by atoms with E-state index in [1.807, 2.05) is 0 Å². The fourth-order valence-corrected chi connectivity index (χ4v) is 2.06. The van der Waals surface area contributed by atoms with Crippen molar-refractivity contribution in [3.63, 3.8) is 0 Å². The SMILES string of the molecule is CCOC(=O)/C(C=[N+]1CCCC1)=N\Nc1ccc(N)cc1. The van der Waals surface area contributed by atoms with Gasteiger partial charge in [0.15, 0.2) is 6.21 Å². The molecule has 1 aromatic carbocycles. The molecule has 112 valence electrons. The highest BCUT2D eigenvalue weighted by atomic mass is 16.5. The van der Waals surface area contributed by atoms with Crippen LogP contribution in [-0.4, -0.2) is 42.2 Å². The van der Waals surface area contributed by atoms with Crippen LogP contribution in [0.4, 0.5) is 11.4 Å². The number of esters is 1. The van der Waals surface area contributed by atoms with Crippen molar-refractivity contribution in [2.75, 3.05) is 30.9 Å². The average molecular weight is 289 g/mol. The van der Waals surface area contributed by atoms with Crippen molar-refractivity contribution in [1.29, 1.82) is 0 Å². The lowest BCUT2D eigenvalue weighted by Crippen LogP contribution is -2.25. The van der Waals surface area contributed by atoms with Gasteiger partial charge in [0.25, 0.3) is 0 Å². The van der Waals surface area contributed by atoms with Crippen LogP contribution in [0.5, 0.6) is 0 Å². The molecule has 0 bridgehead atoms. The Morgan fingerprint density at radius 2 is 2.05 bits per heavy atom. The van der Waals surface area contributed by atoms with E-state index in [1.165, 1.54) is 0 Å². The van der Waals surface area contributed by atoms with Gasteiger partial charge in [-0.3, -0.25) is 5.43 Å². The molecule has 0 amide bonds. The van der Waals surface area contributed by atoms with Crippen molar-refractivity contribution in [2.24, 2.45) is 5.10 Å². The lowest BCUT2D eigenvalue weighted by molar-refractivity contribution is -0.499. The van der Waals surface area contributed by atoms with Crippen molar-refractivity contribution >= 4 is 29.3 Å². The minimum absolute atomic E-state index is 0.274. The second-order valence-corrected chi connectivity index (χ2v) is 4.82. The Bertz CT molecular complexity index is 541. The van der Waals surface area contributed by atoms with Gasteiger partial charge in [0.05, 0.1) is 12.3 Å². The van der Waals surface area contributed by atoms with E-state index in [2.05, 4.69) is 15.1 Å². The molecule has 0 unspecified atom stereocenters. The van der Waals surface area contributed by atoms with Gasteiger partial charge in [-0.1, -0.05) is 0 Å². The number of carbonyl (C=O) groups excluding carboxylic acids is 1. The molecular formula is C15H21N4O2+. The number of nitrogen functional groups attached to an aromatic ring is 1. The first-order chi connectivity index (χ1) is 10.2. The summed E-state index contributed by atoms with van der Waals surface area (Å²) < 4.78 is 7.12. The quantitative estimate of drug-likeness (QED) is 0.283. The molecule has 1 heterocycles. The Kier molecular flexibility index (Phi) is 5.31. The minimum Gasteiger partial charge on any atom is -0.461 e. The molecule has 3 N–H and O–H groups in total. The van der Waals surface area contributed by atoms with E-state index >= 15 is 0 Å². The fourth-order valence-electron chi connectivity index (χ4n) is 2.06. The Morgan fingerprint density at radius 3 is 2.67 bits per heavy atom. The summed E-state index contributed by atoms with van der Waals surface area (Å²) in [5, 5.41) is 4.16. The first kappa shape index (κ1) is 15.0. The second kappa shape index (κ2) is 7.42. The summed E-state index contributed by atoms with van der Waals surface area (Å²) in [5.74, 6) is -0.424. The van der Waals surface area contributed by atoms with Gasteiger partial charge in [-0.15, -0.1) is 0 Å². The van der Waals surface area contributed by atoms with Gasteiger partial charge in [-0.2, -0.15) is 5.10 Å². The molecule has 6 heteroatoms. The lowest BCUT2D eigenvalue weighted by Gasteiger charge is -2.03. The van der Waals surface area contributed by atoms with E-state index in [-0.39, 0.29) is 5.71 Å². The van der Waals surface area contributed by atoms with Crippen molar-refractivity contribution in [3.05, 3.63) is 24.3 Å². The zero-order valence-corrected chi connectivity index (χ0v) is 12.2. The van der Waals surface area contributed by atoms with Gasteiger partial charge in [0, 0.05) is 18.5 Å². The van der Waals surface area contributed by atoms with Gasteiger partial charge in [-0.05, 0) is 31.2 Å². The molecule has 2 rings (SSSR count). The van der Waals surface area contributed by atoms with E-state index in [4.69, 9.17) is 10.5 Å². The van der Waals surface area contributed by atoms with E-state index in [9.17, 15) is 4.79 Å². The number of nitrogens with one attached hydrogen (secondary N) is 1. The predicted molar refractivity (Wildman–Crippen MR) is 83.8 cm³/mol. The summed E-state index contributed by atoms with van der Waals surface area (Å²) in [6.45, 7) is 3.99. The third-order valence-corrected chi connectivity index (χ3v) is 3.15. The Labute approximate surface area is 124 Å². The molecule has 1 saturated heterocycles. The topological polar surface area (TPSA) is 79.7 Å². The largest absolute Gasteiger partial charge is 0.461 e. The number of carbonyl (C=O) groups is 1. The molecule has 0 atom stereocenters. The number of hydrogen-bond donors (Lipinski definition) is 2. The molecular weight excluding hydrogens is 268 g/mol. The van der Waals surface area contributed by atoms with Crippen LogP contribution in [0.2, 0.25) is 0 Å². The standard InChI is InChI=1S/C15H20N4O2/c1-2-21-15(20)14(11-19-9-3-4-10-19)18-17-13-7-5-12(16)6-8-13/h5-8,11H,2-4,9-10H2,1H3,(H2,16,18)/p+1. The summed E-state index contributed by atoms with van der Waals surface area (Å²) >= 11 is 0. The number of hydrogen-bond acceptors (Lipinski definition) is 5. The van der Waals surface area contributed by atoms with Gasteiger partial charge < -0.3 is 10.5 Å². The first-order valence-corrected chi connectivity index (χ1v) is 7.14. The molecule has 0 saturated carbocycles. The molecule has 1 fully saturated rings. The van der Waals surface area contributed by atoms with Crippen molar-refractivity contribution in [2.45, 2.75) is 19.8 Å². The predicted octanol–water partition coefficient (Wildman–Crippen LogP) is 1.48. The van der Waals surface area contributed by atoms with Crippen molar-refractivity contribution in [1.82, 2.24) is 0 Å². The highest BCUT2D eigenvalue weighted by Crippen LogP contribution is 2.10. The number of anilines is 2. The van der Waals surface area contributed by atoms with E-state index < -0.39 is 5.97 Å². The number of nitrogens with zero attached hydrogens (tertiary/aromatic N) is 2. The van der Waals surface area contributed by atoms with Crippen LogP contribution in [0.15, 0.2) is 29.4 Å². The number of hydrazone groups is 1. The summed E-state index contributed by atoms with van der Waals surface area (Å²) in [4.78, 5) is 11.9. The summed E-state index contributed by atoms with van der Waals surface area (Å²) in [5.41, 5.74) is 10.2. The molecule has 1 aliphatic rings. The summed E-state index contributed by atoms with van der Waals surface area (Å²) in [7, 11) is 0. The molecule has 0 aliphatic carbocycles. The van der Waals surface area contributed by atoms with Crippen LogP contribution in [0.3, 0.4) is 0 Å². The monoisotopic (exact) mass is 289 g/mol. The number of ether oxygens (including phenoxy) is 1. The van der Waals surface area contributed by atoms with Crippen LogP contribution in [0, 0.1) is 0 Å². The number of nitrogens with two attached hydrogens (primary N) is 1. The smallest absolute Gasteiger partial charge is 0.365 e. The van der Waals surface area contributed by atoms with Crippen LogP contribution < -0.4 is 11.2 Å². The molecule has 6 nitrogen and oxygen atoms in total. The molecule has 1 aromatic rings. The molecule has 0 spiro atoms. The van der Waals surface area contributed by atoms with Crippen LogP contribution in [0.25, 0.3) is 0 Å². The minimum atomic E-state index is -0.424. The van der Waals surface area contributed by atoms with Crippen LogP contribution in [-0.2, 0) is 9.53 Å². The Hall–Kier alpha value is -2.37. The molecule has 0 radical (unpaired) electrons. The maximum atomic E-state index is 11.9. The average Bonchev–Trinajstić information content (AvgIpc) is 2.98. The Morgan fingerprint density at radius 1 is 1.38 bits per heavy atom. The summed E-state index contributed by atoms with van der Waals surface area (Å²) in [6.07, 6.45) is 4.03. The van der Waals surface area contributed by atoms with Gasteiger partial charge >= 0.3 is 5.97 Å². The van der Waals surface area contributed by atoms with E-state index in [1.54, 1.807) is 37.4 Å². The van der Waals surface area contributed by atoms with E-state index in [0.29, 0.717) is 12.3 Å². The van der Waals surface area contributed by atoms with Crippen molar-refractivity contribution < 1.29 is 14.1 Å². The van der Waals surface area contributed by atoms with Crippen molar-refractivity contribution in [3.8, 4) is 0 Å². The second-order valence-electron chi connectivity index (χ2n) is 4.82. The number of benzene rings is 1. The van der Waals surface area contributed by atoms with Gasteiger partial charge in [0.2, 0.25) is 5.71 Å². The highest BCUT2D eigenvalue weighted by Gasteiger charge is 2.19.